The van der Waals surface area contributed by atoms with E-state index in [1.54, 1.807) is 0 Å². The average Bonchev–Trinajstić information content (AvgIpc) is 2.72. The van der Waals surface area contributed by atoms with E-state index in [1.807, 2.05) is 0 Å². The van der Waals surface area contributed by atoms with Crippen LogP contribution in [0.5, 0.6) is 0 Å². The van der Waals surface area contributed by atoms with Crippen molar-refractivity contribution in [2.24, 2.45) is 0 Å². The van der Waals surface area contributed by atoms with Gasteiger partial charge in [0, 0.05) is 6.42 Å². The first kappa shape index (κ1) is 8.93. The van der Waals surface area contributed by atoms with Crippen molar-refractivity contribution in [2.75, 3.05) is 26.4 Å². The Morgan fingerprint density at radius 1 is 1.64 bits per heavy atom. The van der Waals surface area contributed by atoms with Gasteiger partial charge in [0.15, 0.2) is 0 Å². The van der Waals surface area contributed by atoms with Crippen LogP contribution >= 0.6 is 0 Å². The fraction of sp³-hybridized carbons (Fsp3) is 1.00. The van der Waals surface area contributed by atoms with Crippen molar-refractivity contribution in [1.82, 2.24) is 0 Å². The van der Waals surface area contributed by atoms with E-state index in [4.69, 9.17) is 14.6 Å². The zero-order chi connectivity index (χ0) is 8.10. The Labute approximate surface area is 65.7 Å². The summed E-state index contributed by atoms with van der Waals surface area (Å²) < 4.78 is 9.84. The number of hydrogen-bond donors (Lipinski definition) is 2. The second kappa shape index (κ2) is 4.66. The van der Waals surface area contributed by atoms with Gasteiger partial charge in [0.1, 0.15) is 0 Å². The summed E-state index contributed by atoms with van der Waals surface area (Å²) in [4.78, 5) is 0. The van der Waals surface area contributed by atoms with Gasteiger partial charge in [-0.25, -0.2) is 0 Å². The van der Waals surface area contributed by atoms with Crippen LogP contribution in [-0.4, -0.2) is 48.8 Å². The number of ether oxygens (including phenoxy) is 2. The Bertz CT molecular complexity index is 103. The highest BCUT2D eigenvalue weighted by molar-refractivity contribution is 4.72. The maximum atomic E-state index is 9.20. The van der Waals surface area contributed by atoms with Crippen LogP contribution < -0.4 is 0 Å². The molecule has 0 aromatic carbocycles. The highest BCUT2D eigenvalue weighted by Gasteiger charge is 2.25. The molecule has 4 nitrogen and oxygen atoms in total. The Hall–Kier alpha value is -0.160. The number of aliphatic hydroxyl groups is 2. The highest BCUT2D eigenvalue weighted by Crippen LogP contribution is 2.15. The summed E-state index contributed by atoms with van der Waals surface area (Å²) >= 11 is 0. The van der Waals surface area contributed by atoms with Crippen molar-refractivity contribution in [3.8, 4) is 0 Å². The van der Waals surface area contributed by atoms with Gasteiger partial charge in [-0.2, -0.15) is 0 Å². The molecule has 0 radical (unpaired) electrons. The zero-order valence-corrected chi connectivity index (χ0v) is 6.40. The Balaban J connectivity index is 1.87. The van der Waals surface area contributed by atoms with Crippen LogP contribution in [0.15, 0.2) is 0 Å². The normalized spacial score (nSPS) is 25.1. The molecule has 0 bridgehead atoms. The minimum Gasteiger partial charge on any atom is -0.394 e. The summed E-state index contributed by atoms with van der Waals surface area (Å²) in [5.74, 6) is 0. The minimum absolute atomic E-state index is 0.00660. The molecule has 11 heavy (non-hydrogen) atoms. The van der Waals surface area contributed by atoms with Crippen LogP contribution in [-0.2, 0) is 9.47 Å². The molecule has 2 N–H and O–H groups in total. The Morgan fingerprint density at radius 3 is 2.91 bits per heavy atom. The molecule has 1 aliphatic rings. The third-order valence-corrected chi connectivity index (χ3v) is 1.48. The van der Waals surface area contributed by atoms with Gasteiger partial charge < -0.3 is 19.7 Å². The molecule has 0 saturated carbocycles. The summed E-state index contributed by atoms with van der Waals surface area (Å²) in [7, 11) is 0. The molecule has 0 aliphatic carbocycles. The topological polar surface area (TPSA) is 62.2 Å². The first-order chi connectivity index (χ1) is 5.33. The number of epoxide rings is 1. The lowest BCUT2D eigenvalue weighted by Gasteiger charge is -2.08. The SMILES string of the molecule is OCCOCC(O)CC1CO1. The van der Waals surface area contributed by atoms with Crippen LogP contribution in [0.3, 0.4) is 0 Å². The molecule has 66 valence electrons. The Morgan fingerprint density at radius 2 is 2.36 bits per heavy atom. The lowest BCUT2D eigenvalue weighted by atomic mass is 10.2. The molecule has 4 heteroatoms. The second-order valence-corrected chi connectivity index (χ2v) is 2.64. The monoisotopic (exact) mass is 162 g/mol. The van der Waals surface area contributed by atoms with Gasteiger partial charge in [-0.1, -0.05) is 0 Å². The number of aliphatic hydroxyl groups excluding tert-OH is 2. The van der Waals surface area contributed by atoms with Gasteiger partial charge in [0.05, 0.1) is 38.6 Å². The third-order valence-electron chi connectivity index (χ3n) is 1.48. The van der Waals surface area contributed by atoms with E-state index in [9.17, 15) is 5.11 Å². The molecule has 0 spiro atoms. The summed E-state index contributed by atoms with van der Waals surface area (Å²) in [5, 5.41) is 17.5. The van der Waals surface area contributed by atoms with Crippen molar-refractivity contribution in [2.45, 2.75) is 18.6 Å². The average molecular weight is 162 g/mol. The van der Waals surface area contributed by atoms with Crippen molar-refractivity contribution >= 4 is 0 Å². The van der Waals surface area contributed by atoms with Crippen molar-refractivity contribution < 1.29 is 19.7 Å². The van der Waals surface area contributed by atoms with Crippen molar-refractivity contribution in [3.05, 3.63) is 0 Å². The smallest absolute Gasteiger partial charge is 0.0835 e. The predicted octanol–water partition coefficient (Wildman–Crippen LogP) is -0.855. The lowest BCUT2D eigenvalue weighted by Crippen LogP contribution is -2.18. The van der Waals surface area contributed by atoms with Gasteiger partial charge in [-0.05, 0) is 0 Å². The molecule has 1 aliphatic heterocycles. The van der Waals surface area contributed by atoms with Crippen molar-refractivity contribution in [1.29, 1.82) is 0 Å². The third kappa shape index (κ3) is 4.31. The summed E-state index contributed by atoms with van der Waals surface area (Å²) in [6, 6.07) is 0. The lowest BCUT2D eigenvalue weighted by molar-refractivity contribution is 0.0151. The summed E-state index contributed by atoms with van der Waals surface area (Å²) in [5.41, 5.74) is 0. The quantitative estimate of drug-likeness (QED) is 0.394. The van der Waals surface area contributed by atoms with Gasteiger partial charge in [0.2, 0.25) is 0 Å². The summed E-state index contributed by atoms with van der Waals surface area (Å²) in [6.45, 7) is 1.35. The maximum Gasteiger partial charge on any atom is 0.0835 e. The molecular weight excluding hydrogens is 148 g/mol. The van der Waals surface area contributed by atoms with Crippen molar-refractivity contribution in [3.63, 3.8) is 0 Å². The molecule has 2 unspecified atom stereocenters. The molecule has 1 rings (SSSR count). The largest absolute Gasteiger partial charge is 0.394 e. The van der Waals surface area contributed by atoms with E-state index >= 15 is 0 Å². The van der Waals surface area contributed by atoms with E-state index in [0.717, 1.165) is 6.61 Å². The first-order valence-electron chi connectivity index (χ1n) is 3.81. The van der Waals surface area contributed by atoms with Gasteiger partial charge in [0.25, 0.3) is 0 Å². The molecule has 0 aromatic heterocycles. The van der Waals surface area contributed by atoms with E-state index in [1.165, 1.54) is 0 Å². The van der Waals surface area contributed by atoms with Crippen LogP contribution in [0.25, 0.3) is 0 Å². The molecule has 0 aromatic rings. The zero-order valence-electron chi connectivity index (χ0n) is 6.40. The first-order valence-corrected chi connectivity index (χ1v) is 3.81. The predicted molar refractivity (Wildman–Crippen MR) is 38.3 cm³/mol. The van der Waals surface area contributed by atoms with Crippen LogP contribution in [0.2, 0.25) is 0 Å². The van der Waals surface area contributed by atoms with Crippen LogP contribution in [0.1, 0.15) is 6.42 Å². The molecule has 0 amide bonds. The van der Waals surface area contributed by atoms with Crippen LogP contribution in [0, 0.1) is 0 Å². The fourth-order valence-electron chi connectivity index (χ4n) is 0.860. The molecular formula is C7H14O4. The minimum atomic E-state index is -0.450. The van der Waals surface area contributed by atoms with Crippen LogP contribution in [0.4, 0.5) is 0 Å². The number of hydrogen-bond acceptors (Lipinski definition) is 4. The van der Waals surface area contributed by atoms with Gasteiger partial charge in [-0.3, -0.25) is 0 Å². The van der Waals surface area contributed by atoms with Gasteiger partial charge >= 0.3 is 0 Å². The molecule has 1 saturated heterocycles. The molecule has 1 heterocycles. The Kier molecular flexibility index (Phi) is 3.79. The summed E-state index contributed by atoms with van der Waals surface area (Å²) in [6.07, 6.45) is 0.433. The second-order valence-electron chi connectivity index (χ2n) is 2.64. The van der Waals surface area contributed by atoms with E-state index in [0.29, 0.717) is 19.6 Å². The van der Waals surface area contributed by atoms with E-state index < -0.39 is 6.10 Å². The van der Waals surface area contributed by atoms with E-state index in [2.05, 4.69) is 0 Å². The molecule has 1 fully saturated rings. The fourth-order valence-corrected chi connectivity index (χ4v) is 0.860. The number of rotatable bonds is 6. The maximum absolute atomic E-state index is 9.20. The highest BCUT2D eigenvalue weighted by atomic mass is 16.6. The standard InChI is InChI=1S/C7H14O4/c8-1-2-10-4-6(9)3-7-5-11-7/h6-9H,1-5H2. The molecule has 2 atom stereocenters. The van der Waals surface area contributed by atoms with Gasteiger partial charge in [-0.15, -0.1) is 0 Å². The van der Waals surface area contributed by atoms with E-state index in [-0.39, 0.29) is 12.7 Å².